The Morgan fingerprint density at radius 2 is 2.27 bits per heavy atom. The van der Waals surface area contributed by atoms with Gasteiger partial charge in [-0.1, -0.05) is 6.92 Å². The van der Waals surface area contributed by atoms with Gasteiger partial charge in [-0.15, -0.1) is 11.3 Å². The van der Waals surface area contributed by atoms with Crippen molar-refractivity contribution in [2.24, 2.45) is 5.41 Å². The molecule has 0 aromatic carbocycles. The molecule has 0 fully saturated rings. The van der Waals surface area contributed by atoms with E-state index in [2.05, 4.69) is 37.9 Å². The lowest BCUT2D eigenvalue weighted by Gasteiger charge is -2.25. The van der Waals surface area contributed by atoms with Crippen LogP contribution in [0, 0.1) is 16.7 Å². The number of rotatable bonds is 3. The number of aliphatic hydroxyl groups excluding tert-OH is 1. The Kier molecular flexibility index (Phi) is 4.36. The average molecular weight is 353 g/mol. The van der Waals surface area contributed by atoms with Crippen molar-refractivity contribution in [3.63, 3.8) is 0 Å². The van der Waals surface area contributed by atoms with Gasteiger partial charge in [-0.3, -0.25) is 0 Å². The van der Waals surface area contributed by atoms with Gasteiger partial charge in [0, 0.05) is 9.35 Å². The molecule has 0 aliphatic carbocycles. The summed E-state index contributed by atoms with van der Waals surface area (Å²) in [6.07, 6.45) is -0.113. The molecular formula is C10H11Br2NOS. The van der Waals surface area contributed by atoms with Gasteiger partial charge in [0.25, 0.3) is 0 Å². The zero-order valence-electron chi connectivity index (χ0n) is 8.42. The van der Waals surface area contributed by atoms with E-state index in [9.17, 15) is 5.11 Å². The van der Waals surface area contributed by atoms with Crippen molar-refractivity contribution in [3.05, 3.63) is 19.2 Å². The Bertz CT molecular complexity index is 379. The van der Waals surface area contributed by atoms with Crippen LogP contribution in [0.1, 0.15) is 31.2 Å². The van der Waals surface area contributed by atoms with Gasteiger partial charge in [-0.2, -0.15) is 5.26 Å². The van der Waals surface area contributed by atoms with Gasteiger partial charge in [0.15, 0.2) is 0 Å². The number of aliphatic hydroxyl groups is 1. The van der Waals surface area contributed by atoms with E-state index >= 15 is 0 Å². The standard InChI is InChI=1S/C10H11Br2NOS/c1-3-10(2,5-13)8(14)7-4-6(11)9(12)15-7/h4,8,14H,3H2,1-2H3. The number of nitriles is 1. The van der Waals surface area contributed by atoms with Gasteiger partial charge < -0.3 is 5.11 Å². The molecule has 0 spiro atoms. The first-order valence-electron chi connectivity index (χ1n) is 4.48. The fraction of sp³-hybridized carbons (Fsp3) is 0.500. The van der Waals surface area contributed by atoms with E-state index in [1.54, 1.807) is 6.92 Å². The molecule has 1 aromatic heterocycles. The minimum absolute atomic E-state index is 0.623. The molecule has 1 heterocycles. The largest absolute Gasteiger partial charge is 0.386 e. The van der Waals surface area contributed by atoms with Crippen LogP contribution in [-0.4, -0.2) is 5.11 Å². The van der Waals surface area contributed by atoms with Crippen LogP contribution in [0.2, 0.25) is 0 Å². The third kappa shape index (κ3) is 2.62. The van der Waals surface area contributed by atoms with E-state index in [0.717, 1.165) is 13.1 Å². The Morgan fingerprint density at radius 1 is 1.67 bits per heavy atom. The molecule has 1 aromatic rings. The van der Waals surface area contributed by atoms with Crippen LogP contribution in [0.4, 0.5) is 0 Å². The number of nitrogens with zero attached hydrogens (tertiary/aromatic N) is 1. The van der Waals surface area contributed by atoms with Crippen molar-refractivity contribution in [3.8, 4) is 6.07 Å². The van der Waals surface area contributed by atoms with E-state index in [1.807, 2.05) is 13.0 Å². The Balaban J connectivity index is 3.04. The number of thiophene rings is 1. The molecule has 2 unspecified atom stereocenters. The van der Waals surface area contributed by atoms with Crippen molar-refractivity contribution < 1.29 is 5.11 Å². The molecular weight excluding hydrogens is 342 g/mol. The van der Waals surface area contributed by atoms with Crippen LogP contribution in [0.5, 0.6) is 0 Å². The lowest BCUT2D eigenvalue weighted by Crippen LogP contribution is -2.22. The molecule has 0 saturated heterocycles. The maximum atomic E-state index is 10.1. The lowest BCUT2D eigenvalue weighted by atomic mass is 9.82. The topological polar surface area (TPSA) is 44.0 Å². The predicted molar refractivity (Wildman–Crippen MR) is 68.7 cm³/mol. The zero-order valence-corrected chi connectivity index (χ0v) is 12.4. The van der Waals surface area contributed by atoms with Crippen molar-refractivity contribution in [2.75, 3.05) is 0 Å². The summed E-state index contributed by atoms with van der Waals surface area (Å²) in [7, 11) is 0. The highest BCUT2D eigenvalue weighted by atomic mass is 79.9. The fourth-order valence-corrected chi connectivity index (χ4v) is 3.37. The predicted octanol–water partition coefficient (Wildman–Crippen LogP) is 4.25. The summed E-state index contributed by atoms with van der Waals surface area (Å²) in [4.78, 5) is 0.805. The van der Waals surface area contributed by atoms with E-state index in [1.165, 1.54) is 11.3 Å². The van der Waals surface area contributed by atoms with Crippen LogP contribution in [0.3, 0.4) is 0 Å². The summed E-state index contributed by atoms with van der Waals surface area (Å²) >= 11 is 8.19. The van der Waals surface area contributed by atoms with Crippen LogP contribution >= 0.6 is 43.2 Å². The van der Waals surface area contributed by atoms with Crippen molar-refractivity contribution in [1.82, 2.24) is 0 Å². The Morgan fingerprint density at radius 3 is 2.60 bits per heavy atom. The Labute approximate surface area is 110 Å². The first-order chi connectivity index (χ1) is 6.94. The van der Waals surface area contributed by atoms with E-state index in [4.69, 9.17) is 5.26 Å². The minimum atomic E-state index is -0.736. The molecule has 1 rings (SSSR count). The molecule has 0 aliphatic rings. The van der Waals surface area contributed by atoms with Crippen LogP contribution in [0.15, 0.2) is 14.3 Å². The average Bonchev–Trinajstić information content (AvgIpc) is 2.57. The van der Waals surface area contributed by atoms with Gasteiger partial charge in [0.05, 0.1) is 15.3 Å². The van der Waals surface area contributed by atoms with Crippen LogP contribution in [-0.2, 0) is 0 Å². The third-order valence-corrected chi connectivity index (χ3v) is 5.84. The smallest absolute Gasteiger partial charge is 0.107 e. The molecule has 0 aliphatic heterocycles. The van der Waals surface area contributed by atoms with Crippen molar-refractivity contribution in [2.45, 2.75) is 26.4 Å². The molecule has 0 amide bonds. The minimum Gasteiger partial charge on any atom is -0.386 e. The monoisotopic (exact) mass is 351 g/mol. The lowest BCUT2D eigenvalue weighted by molar-refractivity contribution is 0.0754. The van der Waals surface area contributed by atoms with Crippen LogP contribution < -0.4 is 0 Å². The molecule has 2 nitrogen and oxygen atoms in total. The molecule has 0 saturated carbocycles. The van der Waals surface area contributed by atoms with E-state index in [0.29, 0.717) is 6.42 Å². The van der Waals surface area contributed by atoms with Gasteiger partial charge >= 0.3 is 0 Å². The van der Waals surface area contributed by atoms with Gasteiger partial charge in [0.2, 0.25) is 0 Å². The van der Waals surface area contributed by atoms with E-state index in [-0.39, 0.29) is 0 Å². The summed E-state index contributed by atoms with van der Waals surface area (Å²) < 4.78 is 1.85. The van der Waals surface area contributed by atoms with Crippen molar-refractivity contribution >= 4 is 43.2 Å². The summed E-state index contributed by atoms with van der Waals surface area (Å²) in [5.74, 6) is 0. The molecule has 82 valence electrons. The molecule has 15 heavy (non-hydrogen) atoms. The molecule has 0 bridgehead atoms. The highest BCUT2D eigenvalue weighted by Gasteiger charge is 2.33. The second-order valence-electron chi connectivity index (χ2n) is 3.56. The van der Waals surface area contributed by atoms with Crippen molar-refractivity contribution in [1.29, 1.82) is 5.26 Å². The molecule has 0 radical (unpaired) electrons. The third-order valence-electron chi connectivity index (χ3n) is 2.53. The van der Waals surface area contributed by atoms with E-state index < -0.39 is 11.5 Å². The number of hydrogen-bond donors (Lipinski definition) is 1. The zero-order chi connectivity index (χ0) is 11.6. The maximum Gasteiger partial charge on any atom is 0.107 e. The second kappa shape index (κ2) is 4.96. The van der Waals surface area contributed by atoms with Gasteiger partial charge in [-0.05, 0) is 51.3 Å². The molecule has 1 N–H and O–H groups in total. The highest BCUT2D eigenvalue weighted by Crippen LogP contribution is 2.42. The van der Waals surface area contributed by atoms with Gasteiger partial charge in [0.1, 0.15) is 6.10 Å². The maximum absolute atomic E-state index is 10.1. The van der Waals surface area contributed by atoms with Gasteiger partial charge in [-0.25, -0.2) is 0 Å². The molecule has 5 heteroatoms. The number of hydrogen-bond acceptors (Lipinski definition) is 3. The summed E-state index contributed by atoms with van der Waals surface area (Å²) in [6, 6.07) is 4.03. The first kappa shape index (κ1) is 13.2. The number of halogens is 2. The first-order valence-corrected chi connectivity index (χ1v) is 6.89. The summed E-state index contributed by atoms with van der Waals surface area (Å²) in [6.45, 7) is 3.68. The summed E-state index contributed by atoms with van der Waals surface area (Å²) in [5.41, 5.74) is -0.719. The Hall–Kier alpha value is 0.110. The quantitative estimate of drug-likeness (QED) is 0.883. The van der Waals surface area contributed by atoms with Crippen LogP contribution in [0.25, 0.3) is 0 Å². The normalized spacial score (nSPS) is 16.8. The summed E-state index contributed by atoms with van der Waals surface area (Å²) in [5, 5.41) is 19.2. The second-order valence-corrected chi connectivity index (χ2v) is 6.81. The highest BCUT2D eigenvalue weighted by molar-refractivity contribution is 9.13. The molecule has 2 atom stereocenters. The fourth-order valence-electron chi connectivity index (χ4n) is 1.15. The SMILES string of the molecule is CCC(C)(C#N)C(O)c1cc(Br)c(Br)s1.